The Morgan fingerprint density at radius 1 is 1.00 bits per heavy atom. The number of nitrogens with one attached hydrogen (secondary N) is 1. The highest BCUT2D eigenvalue weighted by atomic mass is 35.5. The number of anilines is 1. The lowest BCUT2D eigenvalue weighted by Crippen LogP contribution is -2.30. The molecule has 1 unspecified atom stereocenters. The molecule has 1 fully saturated rings. The molecule has 0 aliphatic carbocycles. The van der Waals surface area contributed by atoms with Gasteiger partial charge in [0.2, 0.25) is 5.95 Å². The summed E-state index contributed by atoms with van der Waals surface area (Å²) in [5.74, 6) is -0.987. The van der Waals surface area contributed by atoms with Gasteiger partial charge in [-0.3, -0.25) is 19.5 Å². The number of amides is 1. The lowest BCUT2D eigenvalue weighted by molar-refractivity contribution is -0.132. The van der Waals surface area contributed by atoms with E-state index in [1.807, 2.05) is 0 Å². The molecule has 0 saturated carbocycles. The number of ketones is 1. The number of hydrogen-bond acceptors (Lipinski definition) is 8. The Labute approximate surface area is 216 Å². The fourth-order valence-electron chi connectivity index (χ4n) is 4.32. The zero-order chi connectivity index (χ0) is 26.3. The van der Waals surface area contributed by atoms with Crippen LogP contribution in [0.15, 0.2) is 60.3 Å². The summed E-state index contributed by atoms with van der Waals surface area (Å²) in [4.78, 5) is 40.0. The van der Waals surface area contributed by atoms with Crippen molar-refractivity contribution < 1.29 is 28.9 Å². The van der Waals surface area contributed by atoms with Crippen LogP contribution in [0.4, 0.5) is 5.95 Å². The van der Waals surface area contributed by atoms with E-state index in [0.717, 1.165) is 0 Å². The maximum absolute atomic E-state index is 13.4. The highest BCUT2D eigenvalue weighted by Gasteiger charge is 2.49. The van der Waals surface area contributed by atoms with Gasteiger partial charge in [0.25, 0.3) is 5.78 Å². The lowest BCUT2D eigenvalue weighted by atomic mass is 9.98. The number of rotatable bonds is 6. The fourth-order valence-corrected chi connectivity index (χ4v) is 4.49. The lowest BCUT2D eigenvalue weighted by Gasteiger charge is -2.22. The number of hydrogen-bond donors (Lipinski definition) is 2. The number of aliphatic hydroxyl groups excluding tert-OH is 1. The molecule has 0 radical (unpaired) electrons. The van der Waals surface area contributed by atoms with E-state index in [1.165, 1.54) is 38.5 Å². The predicted octanol–water partition coefficient (Wildman–Crippen LogP) is 4.26. The molecule has 5 rings (SSSR count). The fraction of sp³-hybridized carbons (Fsp3) is 0.154. The molecule has 188 valence electrons. The van der Waals surface area contributed by atoms with Crippen molar-refractivity contribution in [2.75, 3.05) is 26.2 Å². The second-order valence-electron chi connectivity index (χ2n) is 8.05. The first-order valence-electron chi connectivity index (χ1n) is 11.1. The summed E-state index contributed by atoms with van der Waals surface area (Å²) in [6.45, 7) is 0. The number of imidazole rings is 1. The average molecular weight is 521 g/mol. The standard InChI is InChI=1S/C26H21ClN4O6/c1-35-18-8-7-13(27)10-14(18)23(32)21-22(15-6-4-5-9-28-15)31(25(34)24(21)33)26-29-16-11-19(36-2)20(37-3)12-17(16)30-26/h4-12,22,32H,1-3H3,(H,29,30)/b23-21+. The first kappa shape index (κ1) is 24.1. The van der Waals surface area contributed by atoms with Crippen molar-refractivity contribution in [3.05, 3.63) is 76.6 Å². The zero-order valence-electron chi connectivity index (χ0n) is 20.0. The number of pyridine rings is 1. The number of aliphatic hydroxyl groups is 1. The number of fused-ring (bicyclic) bond motifs is 1. The highest BCUT2D eigenvalue weighted by molar-refractivity contribution is 6.51. The van der Waals surface area contributed by atoms with Crippen LogP contribution in [0.5, 0.6) is 17.2 Å². The molecule has 10 nitrogen and oxygen atoms in total. The van der Waals surface area contributed by atoms with E-state index >= 15 is 0 Å². The van der Waals surface area contributed by atoms with Gasteiger partial charge in [-0.05, 0) is 30.3 Å². The van der Waals surface area contributed by atoms with Crippen molar-refractivity contribution >= 4 is 46.0 Å². The van der Waals surface area contributed by atoms with Crippen LogP contribution < -0.4 is 19.1 Å². The molecular formula is C26H21ClN4O6. The quantitative estimate of drug-likeness (QED) is 0.219. The normalized spacial score (nSPS) is 16.9. The smallest absolute Gasteiger partial charge is 0.302 e. The first-order chi connectivity index (χ1) is 17.9. The molecule has 0 bridgehead atoms. The number of aromatic nitrogens is 3. The number of aromatic amines is 1. The minimum Gasteiger partial charge on any atom is -0.507 e. The Morgan fingerprint density at radius 2 is 1.73 bits per heavy atom. The van der Waals surface area contributed by atoms with Gasteiger partial charge in [-0.2, -0.15) is 0 Å². The van der Waals surface area contributed by atoms with Gasteiger partial charge in [-0.15, -0.1) is 0 Å². The second kappa shape index (κ2) is 9.47. The van der Waals surface area contributed by atoms with Gasteiger partial charge in [0.1, 0.15) is 17.6 Å². The number of carbonyl (C=O) groups is 2. The third-order valence-corrected chi connectivity index (χ3v) is 6.27. The molecule has 2 aromatic heterocycles. The Bertz CT molecular complexity index is 1530. The van der Waals surface area contributed by atoms with Gasteiger partial charge in [0.15, 0.2) is 11.5 Å². The molecular weight excluding hydrogens is 500 g/mol. The molecule has 4 aromatic rings. The van der Waals surface area contributed by atoms with Gasteiger partial charge in [-0.25, -0.2) is 4.98 Å². The number of H-pyrrole nitrogens is 1. The van der Waals surface area contributed by atoms with Crippen molar-refractivity contribution in [2.24, 2.45) is 0 Å². The number of Topliss-reactive ketones (excluding diaryl/α,β-unsaturated/α-hetero) is 1. The first-order valence-corrected chi connectivity index (χ1v) is 11.4. The van der Waals surface area contributed by atoms with Gasteiger partial charge in [0, 0.05) is 23.4 Å². The van der Waals surface area contributed by atoms with Crippen LogP contribution in [0.2, 0.25) is 5.02 Å². The summed E-state index contributed by atoms with van der Waals surface area (Å²) >= 11 is 6.16. The molecule has 3 heterocycles. The van der Waals surface area contributed by atoms with Gasteiger partial charge in [-0.1, -0.05) is 17.7 Å². The van der Waals surface area contributed by atoms with Crippen LogP contribution in [0.1, 0.15) is 17.3 Å². The Morgan fingerprint density at radius 3 is 2.41 bits per heavy atom. The molecule has 1 amide bonds. The third-order valence-electron chi connectivity index (χ3n) is 6.03. The minimum atomic E-state index is -1.09. The second-order valence-corrected chi connectivity index (χ2v) is 8.49. The number of carbonyl (C=O) groups excluding carboxylic acids is 2. The topological polar surface area (TPSA) is 127 Å². The maximum Gasteiger partial charge on any atom is 0.302 e. The van der Waals surface area contributed by atoms with Crippen molar-refractivity contribution in [2.45, 2.75) is 6.04 Å². The van der Waals surface area contributed by atoms with E-state index < -0.39 is 23.5 Å². The summed E-state index contributed by atoms with van der Waals surface area (Å²) in [5, 5.41) is 11.7. The van der Waals surface area contributed by atoms with Crippen LogP contribution in [0.25, 0.3) is 16.8 Å². The molecule has 2 aromatic carbocycles. The van der Waals surface area contributed by atoms with E-state index in [1.54, 1.807) is 42.5 Å². The van der Waals surface area contributed by atoms with Crippen molar-refractivity contribution in [3.8, 4) is 17.2 Å². The van der Waals surface area contributed by atoms with Crippen molar-refractivity contribution in [1.82, 2.24) is 15.0 Å². The average Bonchev–Trinajstić information content (AvgIpc) is 3.45. The van der Waals surface area contributed by atoms with E-state index in [2.05, 4.69) is 15.0 Å². The number of benzene rings is 2. The molecule has 2 N–H and O–H groups in total. The SMILES string of the molecule is COc1cc2nc(N3C(=O)C(=O)/C(=C(/O)c4cc(Cl)ccc4OC)C3c3ccccn3)[nH]c2cc1OC. The Hall–Kier alpha value is -4.57. The summed E-state index contributed by atoms with van der Waals surface area (Å²) in [7, 11) is 4.43. The van der Waals surface area contributed by atoms with Crippen molar-refractivity contribution in [1.29, 1.82) is 0 Å². The van der Waals surface area contributed by atoms with Crippen LogP contribution in [0, 0.1) is 0 Å². The zero-order valence-corrected chi connectivity index (χ0v) is 20.7. The highest BCUT2D eigenvalue weighted by Crippen LogP contribution is 2.43. The molecule has 1 saturated heterocycles. The summed E-state index contributed by atoms with van der Waals surface area (Å²) in [6, 6.07) is 11.9. The number of nitrogens with zero attached hydrogens (tertiary/aromatic N) is 3. The predicted molar refractivity (Wildman–Crippen MR) is 136 cm³/mol. The van der Waals surface area contributed by atoms with E-state index in [4.69, 9.17) is 25.8 Å². The molecule has 1 aliphatic heterocycles. The number of halogens is 1. The summed E-state index contributed by atoms with van der Waals surface area (Å²) in [5.41, 5.74) is 1.35. The third kappa shape index (κ3) is 4.01. The monoisotopic (exact) mass is 520 g/mol. The molecule has 1 atom stereocenters. The Balaban J connectivity index is 1.74. The van der Waals surface area contributed by atoms with Crippen LogP contribution in [-0.2, 0) is 9.59 Å². The molecule has 37 heavy (non-hydrogen) atoms. The van der Waals surface area contributed by atoms with Crippen LogP contribution in [0.3, 0.4) is 0 Å². The van der Waals surface area contributed by atoms with Gasteiger partial charge >= 0.3 is 5.91 Å². The van der Waals surface area contributed by atoms with Gasteiger partial charge < -0.3 is 24.3 Å². The van der Waals surface area contributed by atoms with Crippen LogP contribution >= 0.6 is 11.6 Å². The molecule has 0 spiro atoms. The van der Waals surface area contributed by atoms with Crippen LogP contribution in [-0.4, -0.2) is 53.1 Å². The number of ether oxygens (including phenoxy) is 3. The van der Waals surface area contributed by atoms with E-state index in [-0.39, 0.29) is 22.8 Å². The van der Waals surface area contributed by atoms with E-state index in [9.17, 15) is 14.7 Å². The van der Waals surface area contributed by atoms with E-state index in [0.29, 0.717) is 33.2 Å². The van der Waals surface area contributed by atoms with Crippen molar-refractivity contribution in [3.63, 3.8) is 0 Å². The summed E-state index contributed by atoms with van der Waals surface area (Å²) in [6.07, 6.45) is 1.53. The molecule has 11 heteroatoms. The van der Waals surface area contributed by atoms with Gasteiger partial charge in [0.05, 0.1) is 49.2 Å². The minimum absolute atomic E-state index is 0.0835. The number of methoxy groups -OCH3 is 3. The largest absolute Gasteiger partial charge is 0.507 e. The summed E-state index contributed by atoms with van der Waals surface area (Å²) < 4.78 is 16.1. The molecule has 1 aliphatic rings. The maximum atomic E-state index is 13.4. The Kier molecular flexibility index (Phi) is 6.18.